The predicted molar refractivity (Wildman–Crippen MR) is 123 cm³/mol. The Morgan fingerprint density at radius 2 is 1.81 bits per heavy atom. The maximum absolute atomic E-state index is 13.1. The molecule has 0 bridgehead atoms. The highest BCUT2D eigenvalue weighted by atomic mass is 35.5. The minimum atomic E-state index is -0.707. The van der Waals surface area contributed by atoms with Gasteiger partial charge in [0.2, 0.25) is 0 Å². The Labute approximate surface area is 195 Å². The third-order valence-corrected chi connectivity index (χ3v) is 6.10. The molecule has 1 fully saturated rings. The Morgan fingerprint density at radius 1 is 1.10 bits per heavy atom. The fraction of sp³-hybridized carbons (Fsp3) is 0.273. The number of amides is 1. The van der Waals surface area contributed by atoms with Crippen molar-refractivity contribution in [2.24, 2.45) is 0 Å². The molecule has 3 aromatic rings. The van der Waals surface area contributed by atoms with E-state index in [1.165, 1.54) is 0 Å². The molecule has 1 amide bonds. The molecule has 9 heteroatoms. The summed E-state index contributed by atoms with van der Waals surface area (Å²) < 4.78 is 1.64. The van der Waals surface area contributed by atoms with E-state index in [0.29, 0.717) is 45.0 Å². The zero-order valence-corrected chi connectivity index (χ0v) is 19.0. The number of hydrogen-bond acceptors (Lipinski definition) is 4. The number of rotatable bonds is 4. The summed E-state index contributed by atoms with van der Waals surface area (Å²) in [5, 5.41) is 17.8. The summed E-state index contributed by atoms with van der Waals surface area (Å²) in [5.74, 6) is -0.391. The molecule has 1 aromatic heterocycles. The van der Waals surface area contributed by atoms with Crippen molar-refractivity contribution in [1.82, 2.24) is 20.2 Å². The number of hydrazine groups is 1. The molecule has 162 valence electrons. The van der Waals surface area contributed by atoms with Crippen molar-refractivity contribution in [3.8, 4) is 16.9 Å². The molecular weight excluding hydrogens is 459 g/mol. The molecule has 0 aliphatic carbocycles. The number of aromatic nitrogens is 2. The van der Waals surface area contributed by atoms with Crippen LogP contribution in [-0.2, 0) is 0 Å². The predicted octanol–water partition coefficient (Wildman–Crippen LogP) is 5.26. The topological polar surface area (TPSA) is 70.4 Å². The first-order valence-electron chi connectivity index (χ1n) is 9.92. The van der Waals surface area contributed by atoms with Gasteiger partial charge in [-0.05, 0) is 56.5 Å². The molecule has 1 aliphatic rings. The molecule has 31 heavy (non-hydrogen) atoms. The van der Waals surface area contributed by atoms with Crippen LogP contribution in [0.4, 0.5) is 0 Å². The largest absolute Gasteiger partial charge is 0.377 e. The van der Waals surface area contributed by atoms with Crippen LogP contribution in [0.3, 0.4) is 0 Å². The van der Waals surface area contributed by atoms with Crippen molar-refractivity contribution in [2.75, 3.05) is 6.54 Å². The highest BCUT2D eigenvalue weighted by molar-refractivity contribution is 6.35. The molecule has 0 spiro atoms. The van der Waals surface area contributed by atoms with Crippen LogP contribution in [0.5, 0.6) is 0 Å². The molecule has 2 N–H and O–H groups in total. The van der Waals surface area contributed by atoms with E-state index in [1.807, 2.05) is 19.1 Å². The number of hydrogen-bond donors (Lipinski definition) is 2. The SMILES string of the molecule is Cc1c(C(=O)NN2CCCCC2O)nn(-c2ccc(Cl)cc2Cl)c1-c1ccc(Cl)cc1. The zero-order chi connectivity index (χ0) is 22.1. The molecule has 1 saturated heterocycles. The van der Waals surface area contributed by atoms with Gasteiger partial charge < -0.3 is 5.11 Å². The lowest BCUT2D eigenvalue weighted by Crippen LogP contribution is -2.51. The number of carbonyl (C=O) groups is 1. The first-order chi connectivity index (χ1) is 14.8. The van der Waals surface area contributed by atoms with Gasteiger partial charge in [-0.3, -0.25) is 10.2 Å². The van der Waals surface area contributed by atoms with Crippen molar-refractivity contribution < 1.29 is 9.90 Å². The quantitative estimate of drug-likeness (QED) is 0.536. The summed E-state index contributed by atoms with van der Waals surface area (Å²) >= 11 is 18.6. The van der Waals surface area contributed by atoms with Gasteiger partial charge in [0.25, 0.3) is 5.91 Å². The second-order valence-corrected chi connectivity index (χ2v) is 8.73. The van der Waals surface area contributed by atoms with E-state index < -0.39 is 12.1 Å². The Hall–Kier alpha value is -2.09. The zero-order valence-electron chi connectivity index (χ0n) is 16.8. The normalized spacial score (nSPS) is 17.0. The number of benzene rings is 2. The number of nitrogens with zero attached hydrogens (tertiary/aromatic N) is 3. The molecule has 0 saturated carbocycles. The van der Waals surface area contributed by atoms with Crippen LogP contribution in [-0.4, -0.2) is 38.6 Å². The third kappa shape index (κ3) is 4.59. The first-order valence-corrected chi connectivity index (χ1v) is 11.0. The fourth-order valence-corrected chi connectivity index (χ4v) is 4.33. The summed E-state index contributed by atoms with van der Waals surface area (Å²) in [4.78, 5) is 13.1. The minimum absolute atomic E-state index is 0.244. The van der Waals surface area contributed by atoms with Gasteiger partial charge in [0, 0.05) is 27.7 Å². The second kappa shape index (κ2) is 9.18. The maximum Gasteiger partial charge on any atom is 0.286 e. The van der Waals surface area contributed by atoms with E-state index in [2.05, 4.69) is 10.5 Å². The highest BCUT2D eigenvalue weighted by Crippen LogP contribution is 2.33. The fourth-order valence-electron chi connectivity index (χ4n) is 3.71. The van der Waals surface area contributed by atoms with Crippen molar-refractivity contribution in [2.45, 2.75) is 32.4 Å². The van der Waals surface area contributed by atoms with E-state index >= 15 is 0 Å². The average molecular weight is 480 g/mol. The smallest absolute Gasteiger partial charge is 0.286 e. The minimum Gasteiger partial charge on any atom is -0.377 e. The third-order valence-electron chi connectivity index (χ3n) is 5.31. The van der Waals surface area contributed by atoms with Gasteiger partial charge in [-0.15, -0.1) is 0 Å². The standard InChI is InChI=1S/C22H21Cl3N4O2/c1-13-20(22(31)27-28-11-3-2-4-19(28)30)26-29(18-10-9-16(24)12-17(18)25)21(13)14-5-7-15(23)8-6-14/h5-10,12,19,30H,2-4,11H2,1H3,(H,27,31). The van der Waals surface area contributed by atoms with Gasteiger partial charge in [0.05, 0.1) is 16.4 Å². The van der Waals surface area contributed by atoms with Gasteiger partial charge >= 0.3 is 0 Å². The lowest BCUT2D eigenvalue weighted by Gasteiger charge is -2.31. The lowest BCUT2D eigenvalue weighted by molar-refractivity contribution is -0.0505. The van der Waals surface area contributed by atoms with Gasteiger partial charge in [-0.2, -0.15) is 10.1 Å². The average Bonchev–Trinajstić information content (AvgIpc) is 3.07. The van der Waals surface area contributed by atoms with Crippen LogP contribution in [0.2, 0.25) is 15.1 Å². The van der Waals surface area contributed by atoms with Gasteiger partial charge in [0.15, 0.2) is 5.69 Å². The number of aliphatic hydroxyl groups excluding tert-OH is 1. The van der Waals surface area contributed by atoms with Crippen LogP contribution >= 0.6 is 34.8 Å². The summed E-state index contributed by atoms with van der Waals surface area (Å²) in [6.45, 7) is 2.42. The van der Waals surface area contributed by atoms with E-state index in [-0.39, 0.29) is 5.69 Å². The summed E-state index contributed by atoms with van der Waals surface area (Å²) in [5.41, 5.74) is 5.86. The van der Waals surface area contributed by atoms with E-state index in [0.717, 1.165) is 18.4 Å². The lowest BCUT2D eigenvalue weighted by atomic mass is 10.1. The number of piperidine rings is 1. The molecule has 1 aliphatic heterocycles. The Kier molecular flexibility index (Phi) is 6.55. The first kappa shape index (κ1) is 22.1. The van der Waals surface area contributed by atoms with Gasteiger partial charge in [-0.1, -0.05) is 46.9 Å². The van der Waals surface area contributed by atoms with Crippen molar-refractivity contribution >= 4 is 40.7 Å². The monoisotopic (exact) mass is 478 g/mol. The second-order valence-electron chi connectivity index (χ2n) is 7.45. The van der Waals surface area contributed by atoms with Crippen LogP contribution in [0.25, 0.3) is 16.9 Å². The van der Waals surface area contributed by atoms with E-state index in [4.69, 9.17) is 34.8 Å². The van der Waals surface area contributed by atoms with Gasteiger partial charge in [-0.25, -0.2) is 4.68 Å². The van der Waals surface area contributed by atoms with Crippen molar-refractivity contribution in [1.29, 1.82) is 0 Å². The summed E-state index contributed by atoms with van der Waals surface area (Å²) in [6.07, 6.45) is 1.74. The molecule has 4 rings (SSSR count). The molecular formula is C22H21Cl3N4O2. The van der Waals surface area contributed by atoms with Crippen molar-refractivity contribution in [3.05, 3.63) is 68.8 Å². The number of carbonyl (C=O) groups excluding carboxylic acids is 1. The summed E-state index contributed by atoms with van der Waals surface area (Å²) in [7, 11) is 0. The number of aliphatic hydroxyl groups is 1. The maximum atomic E-state index is 13.1. The van der Waals surface area contributed by atoms with Gasteiger partial charge in [0.1, 0.15) is 6.23 Å². The molecule has 2 heterocycles. The molecule has 1 unspecified atom stereocenters. The van der Waals surface area contributed by atoms with Crippen LogP contribution in [0.1, 0.15) is 35.3 Å². The van der Waals surface area contributed by atoms with Crippen LogP contribution in [0, 0.1) is 6.92 Å². The van der Waals surface area contributed by atoms with E-state index in [9.17, 15) is 9.90 Å². The molecule has 2 aromatic carbocycles. The Bertz CT molecular complexity index is 1110. The summed E-state index contributed by atoms with van der Waals surface area (Å²) in [6, 6.07) is 12.4. The number of nitrogens with one attached hydrogen (secondary N) is 1. The Balaban J connectivity index is 1.80. The van der Waals surface area contributed by atoms with Crippen LogP contribution < -0.4 is 5.43 Å². The highest BCUT2D eigenvalue weighted by Gasteiger charge is 2.27. The Morgan fingerprint density at radius 3 is 2.48 bits per heavy atom. The molecule has 1 atom stereocenters. The van der Waals surface area contributed by atoms with E-state index in [1.54, 1.807) is 40.0 Å². The van der Waals surface area contributed by atoms with Crippen molar-refractivity contribution in [3.63, 3.8) is 0 Å². The van der Waals surface area contributed by atoms with Crippen LogP contribution in [0.15, 0.2) is 42.5 Å². The number of halogens is 3. The molecule has 0 radical (unpaired) electrons. The molecule has 6 nitrogen and oxygen atoms in total.